The minimum absolute atomic E-state index is 0.0478. The fourth-order valence-electron chi connectivity index (χ4n) is 1.78. The van der Waals surface area contributed by atoms with Crippen molar-refractivity contribution in [2.24, 2.45) is 0 Å². The van der Waals surface area contributed by atoms with Crippen LogP contribution in [0.1, 0.15) is 24.5 Å². The van der Waals surface area contributed by atoms with Gasteiger partial charge in [0.15, 0.2) is 0 Å². The Bertz CT molecular complexity index is 432. The van der Waals surface area contributed by atoms with Gasteiger partial charge in [-0.2, -0.15) is 0 Å². The van der Waals surface area contributed by atoms with Crippen LogP contribution in [0.5, 0.6) is 5.75 Å². The molecule has 1 unspecified atom stereocenters. The summed E-state index contributed by atoms with van der Waals surface area (Å²) >= 11 is 5.75. The summed E-state index contributed by atoms with van der Waals surface area (Å²) in [7, 11) is 1.76. The van der Waals surface area contributed by atoms with Gasteiger partial charge >= 0.3 is 0 Å². The molecule has 1 aromatic carbocycles. The van der Waals surface area contributed by atoms with E-state index in [-0.39, 0.29) is 5.91 Å². The topological polar surface area (TPSA) is 29.5 Å². The second kappa shape index (κ2) is 7.39. The molecule has 0 aromatic heterocycles. The molecule has 1 rings (SSSR count). The third-order valence-corrected chi connectivity index (χ3v) is 3.35. The minimum atomic E-state index is -0.468. The van der Waals surface area contributed by atoms with Gasteiger partial charge in [-0.05, 0) is 44.4 Å². The van der Waals surface area contributed by atoms with Gasteiger partial charge in [0.05, 0.1) is 6.61 Å². The number of ether oxygens (including phenoxy) is 1. The lowest BCUT2D eigenvalue weighted by Crippen LogP contribution is -2.33. The van der Waals surface area contributed by atoms with Crippen LogP contribution in [0, 0.1) is 13.8 Å². The van der Waals surface area contributed by atoms with Crippen LogP contribution in [-0.4, -0.2) is 36.4 Å². The second-order valence-corrected chi connectivity index (χ2v) is 5.43. The Morgan fingerprint density at radius 1 is 1.42 bits per heavy atom. The van der Waals surface area contributed by atoms with Gasteiger partial charge in [-0.15, -0.1) is 11.6 Å². The van der Waals surface area contributed by atoms with E-state index < -0.39 is 5.38 Å². The summed E-state index contributed by atoms with van der Waals surface area (Å²) in [5.74, 6) is 0.869. The maximum absolute atomic E-state index is 11.6. The summed E-state index contributed by atoms with van der Waals surface area (Å²) in [5.41, 5.74) is 2.39. The molecule has 0 aliphatic carbocycles. The van der Waals surface area contributed by atoms with Gasteiger partial charge in [-0.3, -0.25) is 4.79 Å². The van der Waals surface area contributed by atoms with Gasteiger partial charge < -0.3 is 9.64 Å². The fraction of sp³-hybridized carbons (Fsp3) is 0.533. The zero-order chi connectivity index (χ0) is 14.4. The Morgan fingerprint density at radius 2 is 2.11 bits per heavy atom. The lowest BCUT2D eigenvalue weighted by Gasteiger charge is -2.18. The van der Waals surface area contributed by atoms with Crippen molar-refractivity contribution >= 4 is 17.5 Å². The lowest BCUT2D eigenvalue weighted by atomic mass is 10.1. The van der Waals surface area contributed by atoms with E-state index in [4.69, 9.17) is 16.3 Å². The molecular weight excluding hydrogens is 262 g/mol. The van der Waals surface area contributed by atoms with E-state index in [1.54, 1.807) is 18.9 Å². The average Bonchev–Trinajstić information content (AvgIpc) is 2.37. The Hall–Kier alpha value is -1.22. The number of nitrogens with zero attached hydrogens (tertiary/aromatic N) is 1. The Balaban J connectivity index is 2.35. The van der Waals surface area contributed by atoms with Crippen molar-refractivity contribution in [1.82, 2.24) is 4.90 Å². The molecule has 0 aliphatic heterocycles. The van der Waals surface area contributed by atoms with Crippen molar-refractivity contribution < 1.29 is 9.53 Å². The highest BCUT2D eigenvalue weighted by Crippen LogP contribution is 2.20. The van der Waals surface area contributed by atoms with Gasteiger partial charge in [0, 0.05) is 13.6 Å². The summed E-state index contributed by atoms with van der Waals surface area (Å²) in [5, 5.41) is -0.468. The van der Waals surface area contributed by atoms with Gasteiger partial charge in [0.2, 0.25) is 5.91 Å². The van der Waals surface area contributed by atoms with E-state index in [9.17, 15) is 4.79 Å². The first-order valence-electron chi connectivity index (χ1n) is 6.51. The first kappa shape index (κ1) is 15.8. The third-order valence-electron chi connectivity index (χ3n) is 3.17. The molecule has 0 spiro atoms. The van der Waals surface area contributed by atoms with Crippen molar-refractivity contribution in [2.75, 3.05) is 20.2 Å². The minimum Gasteiger partial charge on any atom is -0.493 e. The number of hydrogen-bond donors (Lipinski definition) is 0. The molecule has 1 aromatic rings. The monoisotopic (exact) mass is 283 g/mol. The summed E-state index contributed by atoms with van der Waals surface area (Å²) in [4.78, 5) is 13.2. The number of aryl methyl sites for hydroxylation is 1. The van der Waals surface area contributed by atoms with Gasteiger partial charge in [0.25, 0.3) is 0 Å². The number of alkyl halides is 1. The van der Waals surface area contributed by atoms with Crippen molar-refractivity contribution in [1.29, 1.82) is 0 Å². The maximum Gasteiger partial charge on any atom is 0.240 e. The maximum atomic E-state index is 11.6. The standard InChI is InChI=1S/C15H22ClNO2/c1-11-7-5-8-14(12(11)2)19-10-6-9-17(4)15(18)13(3)16/h5,7-8,13H,6,9-10H2,1-4H3. The van der Waals surface area contributed by atoms with E-state index in [2.05, 4.69) is 19.9 Å². The SMILES string of the molecule is Cc1cccc(OCCCN(C)C(=O)C(C)Cl)c1C. The smallest absolute Gasteiger partial charge is 0.240 e. The quantitative estimate of drug-likeness (QED) is 0.593. The molecule has 0 heterocycles. The molecule has 0 fully saturated rings. The van der Waals surface area contributed by atoms with Crippen LogP contribution in [0.2, 0.25) is 0 Å². The van der Waals surface area contributed by atoms with E-state index in [1.807, 2.05) is 12.1 Å². The Morgan fingerprint density at radius 3 is 2.74 bits per heavy atom. The number of benzene rings is 1. The molecule has 0 aliphatic rings. The number of halogens is 1. The molecule has 1 amide bonds. The van der Waals surface area contributed by atoms with Crippen molar-refractivity contribution in [3.05, 3.63) is 29.3 Å². The molecule has 0 N–H and O–H groups in total. The zero-order valence-corrected chi connectivity index (χ0v) is 12.8. The predicted octanol–water partition coefficient (Wildman–Crippen LogP) is 3.16. The number of rotatable bonds is 6. The predicted molar refractivity (Wildman–Crippen MR) is 79.0 cm³/mol. The van der Waals surface area contributed by atoms with Crippen LogP contribution in [0.15, 0.2) is 18.2 Å². The van der Waals surface area contributed by atoms with Crippen LogP contribution in [0.3, 0.4) is 0 Å². The molecule has 0 saturated carbocycles. The highest BCUT2D eigenvalue weighted by Gasteiger charge is 2.13. The van der Waals surface area contributed by atoms with E-state index in [0.717, 1.165) is 12.2 Å². The normalized spacial score (nSPS) is 12.1. The van der Waals surface area contributed by atoms with Crippen molar-refractivity contribution in [3.63, 3.8) is 0 Å². The lowest BCUT2D eigenvalue weighted by molar-refractivity contribution is -0.129. The van der Waals surface area contributed by atoms with Gasteiger partial charge in [-0.1, -0.05) is 12.1 Å². The van der Waals surface area contributed by atoms with Crippen LogP contribution in [-0.2, 0) is 4.79 Å². The summed E-state index contributed by atoms with van der Waals surface area (Å²) in [6.45, 7) is 7.05. The number of carbonyl (C=O) groups is 1. The van der Waals surface area contributed by atoms with Gasteiger partial charge in [-0.25, -0.2) is 0 Å². The van der Waals surface area contributed by atoms with Crippen LogP contribution in [0.4, 0.5) is 0 Å². The molecule has 4 heteroatoms. The van der Waals surface area contributed by atoms with E-state index in [1.165, 1.54) is 11.1 Å². The molecule has 106 valence electrons. The average molecular weight is 284 g/mol. The van der Waals surface area contributed by atoms with E-state index >= 15 is 0 Å². The summed E-state index contributed by atoms with van der Waals surface area (Å²) in [6.07, 6.45) is 0.791. The number of carbonyl (C=O) groups excluding carboxylic acids is 1. The Labute approximate surface area is 120 Å². The molecular formula is C15H22ClNO2. The summed E-state index contributed by atoms with van der Waals surface area (Å²) < 4.78 is 5.74. The largest absolute Gasteiger partial charge is 0.493 e. The van der Waals surface area contributed by atoms with Crippen LogP contribution in [0.25, 0.3) is 0 Å². The molecule has 19 heavy (non-hydrogen) atoms. The van der Waals surface area contributed by atoms with Crippen molar-refractivity contribution in [2.45, 2.75) is 32.6 Å². The second-order valence-electron chi connectivity index (χ2n) is 4.78. The van der Waals surface area contributed by atoms with Crippen LogP contribution >= 0.6 is 11.6 Å². The van der Waals surface area contributed by atoms with Crippen LogP contribution < -0.4 is 4.74 Å². The molecule has 0 radical (unpaired) electrons. The number of amides is 1. The zero-order valence-electron chi connectivity index (χ0n) is 12.1. The first-order valence-corrected chi connectivity index (χ1v) is 6.95. The van der Waals surface area contributed by atoms with Crippen molar-refractivity contribution in [3.8, 4) is 5.75 Å². The highest BCUT2D eigenvalue weighted by atomic mass is 35.5. The molecule has 1 atom stereocenters. The third kappa shape index (κ3) is 4.75. The number of hydrogen-bond acceptors (Lipinski definition) is 2. The Kier molecular flexibility index (Phi) is 6.16. The fourth-order valence-corrected chi connectivity index (χ4v) is 1.94. The molecule has 0 bridgehead atoms. The highest BCUT2D eigenvalue weighted by molar-refractivity contribution is 6.30. The van der Waals surface area contributed by atoms with E-state index in [0.29, 0.717) is 13.2 Å². The van der Waals surface area contributed by atoms with Gasteiger partial charge in [0.1, 0.15) is 11.1 Å². The first-order chi connectivity index (χ1) is 8.93. The molecule has 0 saturated heterocycles. The summed E-state index contributed by atoms with van der Waals surface area (Å²) in [6, 6.07) is 6.02. The molecule has 3 nitrogen and oxygen atoms in total.